The molecule has 0 atom stereocenters. The highest BCUT2D eigenvalue weighted by Crippen LogP contribution is 2.23. The summed E-state index contributed by atoms with van der Waals surface area (Å²) in [5, 5.41) is 5.11. The Balaban J connectivity index is 2.24. The van der Waals surface area contributed by atoms with E-state index in [2.05, 4.69) is 9.82 Å². The van der Waals surface area contributed by atoms with E-state index in [1.54, 1.807) is 11.6 Å². The van der Waals surface area contributed by atoms with Gasteiger partial charge in [-0.1, -0.05) is 43.1 Å². The van der Waals surface area contributed by atoms with E-state index in [4.69, 9.17) is 11.6 Å². The molecule has 0 spiro atoms. The van der Waals surface area contributed by atoms with Gasteiger partial charge in [0, 0.05) is 5.02 Å². The van der Waals surface area contributed by atoms with Crippen LogP contribution in [0.2, 0.25) is 5.02 Å². The molecule has 1 heterocycles. The van der Waals surface area contributed by atoms with Crippen LogP contribution in [0.3, 0.4) is 0 Å². The lowest BCUT2D eigenvalue weighted by Crippen LogP contribution is -2.17. The van der Waals surface area contributed by atoms with Crippen LogP contribution in [0.5, 0.6) is 0 Å². The van der Waals surface area contributed by atoms with Gasteiger partial charge in [-0.3, -0.25) is 9.40 Å². The van der Waals surface area contributed by atoms with Crippen LogP contribution in [0, 0.1) is 13.8 Å². The van der Waals surface area contributed by atoms with Gasteiger partial charge in [-0.15, -0.1) is 0 Å². The summed E-state index contributed by atoms with van der Waals surface area (Å²) < 4.78 is 28.7. The number of sulfonamides is 1. The quantitative estimate of drug-likeness (QED) is 0.822. The minimum Gasteiger partial charge on any atom is -0.280 e. The van der Waals surface area contributed by atoms with Crippen LogP contribution >= 0.6 is 11.6 Å². The Morgan fingerprint density at radius 1 is 1.26 bits per heavy atom. The normalized spacial score (nSPS) is 11.7. The molecule has 5 nitrogen and oxygen atoms in total. The van der Waals surface area contributed by atoms with E-state index in [1.165, 1.54) is 0 Å². The Bertz CT molecular complexity index is 785. The number of nitrogens with one attached hydrogen (secondary N) is 1. The maximum absolute atomic E-state index is 12.1. The maximum atomic E-state index is 12.1. The second-order valence-electron chi connectivity index (χ2n) is 5.57. The van der Waals surface area contributed by atoms with Crippen molar-refractivity contribution in [3.05, 3.63) is 46.2 Å². The number of hydrogen-bond donors (Lipinski definition) is 1. The fourth-order valence-corrected chi connectivity index (χ4v) is 3.90. The molecule has 0 aliphatic heterocycles. The third-order valence-corrected chi connectivity index (χ3v) is 5.39. The second-order valence-corrected chi connectivity index (χ2v) is 7.82. The molecule has 0 aliphatic carbocycles. The molecule has 0 amide bonds. The molecular formula is C16H22ClN3O2S. The van der Waals surface area contributed by atoms with E-state index >= 15 is 0 Å². The minimum absolute atomic E-state index is 0.123. The fraction of sp³-hybridized carbons (Fsp3) is 0.438. The summed E-state index contributed by atoms with van der Waals surface area (Å²) >= 11 is 6.18. The van der Waals surface area contributed by atoms with Crippen LogP contribution in [-0.4, -0.2) is 24.0 Å². The molecule has 7 heteroatoms. The monoisotopic (exact) mass is 355 g/mol. The lowest BCUT2D eigenvalue weighted by Gasteiger charge is -2.09. The molecule has 2 aromatic rings. The summed E-state index contributed by atoms with van der Waals surface area (Å²) in [7, 11) is -3.34. The number of aromatic nitrogens is 2. The van der Waals surface area contributed by atoms with Gasteiger partial charge in [0.1, 0.15) is 0 Å². The van der Waals surface area contributed by atoms with Crippen molar-refractivity contribution < 1.29 is 8.42 Å². The highest BCUT2D eigenvalue weighted by molar-refractivity contribution is 7.92. The average molecular weight is 356 g/mol. The van der Waals surface area contributed by atoms with Crippen molar-refractivity contribution in [2.75, 3.05) is 10.5 Å². The number of aryl methyl sites for hydroxylation is 1. The van der Waals surface area contributed by atoms with E-state index in [1.807, 2.05) is 38.1 Å². The van der Waals surface area contributed by atoms with Crippen LogP contribution < -0.4 is 4.72 Å². The molecule has 0 radical (unpaired) electrons. The topological polar surface area (TPSA) is 64.0 Å². The van der Waals surface area contributed by atoms with Gasteiger partial charge < -0.3 is 0 Å². The molecule has 2 rings (SSSR count). The second kappa shape index (κ2) is 7.36. The van der Waals surface area contributed by atoms with E-state index < -0.39 is 10.0 Å². The summed E-state index contributed by atoms with van der Waals surface area (Å²) in [6.45, 7) is 6.12. The summed E-state index contributed by atoms with van der Waals surface area (Å²) in [5.41, 5.74) is 2.95. The number of hydrogen-bond acceptors (Lipinski definition) is 3. The van der Waals surface area contributed by atoms with Crippen molar-refractivity contribution in [3.63, 3.8) is 0 Å². The molecule has 0 saturated carbocycles. The van der Waals surface area contributed by atoms with E-state index in [0.717, 1.165) is 17.7 Å². The van der Waals surface area contributed by atoms with Gasteiger partial charge in [-0.2, -0.15) is 5.10 Å². The molecule has 23 heavy (non-hydrogen) atoms. The molecular weight excluding hydrogens is 334 g/mol. The zero-order chi connectivity index (χ0) is 17.0. The largest absolute Gasteiger partial charge is 0.280 e. The Labute approximate surface area is 142 Å². The van der Waals surface area contributed by atoms with Gasteiger partial charge in [0.2, 0.25) is 10.0 Å². The highest BCUT2D eigenvalue weighted by atomic mass is 35.5. The zero-order valence-corrected chi connectivity index (χ0v) is 15.2. The molecule has 1 N–H and O–H groups in total. The van der Waals surface area contributed by atoms with Crippen molar-refractivity contribution >= 4 is 27.3 Å². The van der Waals surface area contributed by atoms with E-state index in [9.17, 15) is 8.42 Å². The number of benzene rings is 1. The van der Waals surface area contributed by atoms with Crippen LogP contribution in [-0.2, 0) is 16.6 Å². The number of rotatable bonds is 7. The molecule has 0 aliphatic rings. The third kappa shape index (κ3) is 4.48. The summed E-state index contributed by atoms with van der Waals surface area (Å²) in [6.07, 6.45) is 1.48. The fourth-order valence-electron chi connectivity index (χ4n) is 2.33. The van der Waals surface area contributed by atoms with Crippen LogP contribution in [0.25, 0.3) is 0 Å². The van der Waals surface area contributed by atoms with Gasteiger partial charge >= 0.3 is 0 Å². The number of halogens is 1. The average Bonchev–Trinajstić information content (AvgIpc) is 2.75. The molecule has 0 saturated heterocycles. The van der Waals surface area contributed by atoms with Crippen LogP contribution in [0.15, 0.2) is 24.3 Å². The first-order chi connectivity index (χ1) is 10.8. The van der Waals surface area contributed by atoms with Gasteiger partial charge in [-0.25, -0.2) is 8.42 Å². The van der Waals surface area contributed by atoms with Gasteiger partial charge in [0.05, 0.1) is 29.4 Å². The summed E-state index contributed by atoms with van der Waals surface area (Å²) in [4.78, 5) is 0. The van der Waals surface area contributed by atoms with Gasteiger partial charge in [0.15, 0.2) is 0 Å². The lowest BCUT2D eigenvalue weighted by atomic mass is 10.2. The standard InChI is InChI=1S/C16H22ClN3O2S/c1-4-5-10-23(21,22)19-16-12(2)18-20(13(16)3)11-14-8-6-7-9-15(14)17/h6-9,19H,4-5,10-11H2,1-3H3. The Kier molecular flexibility index (Phi) is 5.70. The molecule has 1 aromatic carbocycles. The van der Waals surface area contributed by atoms with E-state index in [-0.39, 0.29) is 5.75 Å². The molecule has 0 bridgehead atoms. The first kappa shape index (κ1) is 17.8. The smallest absolute Gasteiger partial charge is 0.232 e. The molecule has 126 valence electrons. The Hall–Kier alpha value is -1.53. The van der Waals surface area contributed by atoms with Crippen molar-refractivity contribution in [1.29, 1.82) is 0 Å². The van der Waals surface area contributed by atoms with Crippen molar-refractivity contribution in [2.24, 2.45) is 0 Å². The number of unbranched alkanes of at least 4 members (excludes halogenated alkanes) is 1. The van der Waals surface area contributed by atoms with Crippen molar-refractivity contribution in [2.45, 2.75) is 40.2 Å². The highest BCUT2D eigenvalue weighted by Gasteiger charge is 2.18. The van der Waals surface area contributed by atoms with Gasteiger partial charge in [-0.05, 0) is 31.9 Å². The summed E-state index contributed by atoms with van der Waals surface area (Å²) in [5.74, 6) is 0.123. The van der Waals surface area contributed by atoms with Crippen LogP contribution in [0.4, 0.5) is 5.69 Å². The molecule has 1 aromatic heterocycles. The predicted molar refractivity (Wildman–Crippen MR) is 94.6 cm³/mol. The van der Waals surface area contributed by atoms with Crippen LogP contribution in [0.1, 0.15) is 36.7 Å². The number of anilines is 1. The third-order valence-electron chi connectivity index (χ3n) is 3.68. The van der Waals surface area contributed by atoms with Gasteiger partial charge in [0.25, 0.3) is 0 Å². The first-order valence-electron chi connectivity index (χ1n) is 7.62. The first-order valence-corrected chi connectivity index (χ1v) is 9.65. The van der Waals surface area contributed by atoms with Crippen molar-refractivity contribution in [1.82, 2.24) is 9.78 Å². The number of nitrogens with zero attached hydrogens (tertiary/aromatic N) is 2. The Morgan fingerprint density at radius 3 is 2.61 bits per heavy atom. The SMILES string of the molecule is CCCCS(=O)(=O)Nc1c(C)nn(Cc2ccccc2Cl)c1C. The van der Waals surface area contributed by atoms with E-state index in [0.29, 0.717) is 29.4 Å². The predicted octanol–water partition coefficient (Wildman–Crippen LogP) is 3.74. The maximum Gasteiger partial charge on any atom is 0.232 e. The minimum atomic E-state index is -3.34. The molecule has 0 fully saturated rings. The Morgan fingerprint density at radius 2 is 1.96 bits per heavy atom. The molecule has 0 unspecified atom stereocenters. The zero-order valence-electron chi connectivity index (χ0n) is 13.6. The summed E-state index contributed by atoms with van der Waals surface area (Å²) in [6, 6.07) is 7.56. The van der Waals surface area contributed by atoms with Crippen molar-refractivity contribution in [3.8, 4) is 0 Å². The lowest BCUT2D eigenvalue weighted by molar-refractivity contribution is 0.597.